The van der Waals surface area contributed by atoms with E-state index in [0.717, 1.165) is 37.2 Å². The topological polar surface area (TPSA) is 104 Å². The molecule has 1 aromatic carbocycles. The lowest BCUT2D eigenvalue weighted by Crippen LogP contribution is -2.36. The number of nitrogens with zero attached hydrogens (tertiary/aromatic N) is 2. The SMILES string of the molecule is CCCN1CCc2nc(SCC(=O)Nc3ccc(C(=O)OCC)cc3)[nH]c(=O)c2C1. The number of H-pyrrole nitrogens is 1. The van der Waals surface area contributed by atoms with E-state index in [1.54, 1.807) is 31.2 Å². The van der Waals surface area contributed by atoms with Crippen molar-refractivity contribution in [2.45, 2.75) is 38.4 Å². The van der Waals surface area contributed by atoms with Crippen LogP contribution in [0.15, 0.2) is 34.2 Å². The minimum absolute atomic E-state index is 0.114. The number of fused-ring (bicyclic) bond motifs is 1. The van der Waals surface area contributed by atoms with Crippen LogP contribution in [0.5, 0.6) is 0 Å². The van der Waals surface area contributed by atoms with Crippen molar-refractivity contribution < 1.29 is 14.3 Å². The van der Waals surface area contributed by atoms with Gasteiger partial charge in [0, 0.05) is 25.2 Å². The first-order valence-corrected chi connectivity index (χ1v) is 11.0. The molecule has 1 aliphatic heterocycles. The molecule has 0 unspecified atom stereocenters. The summed E-state index contributed by atoms with van der Waals surface area (Å²) >= 11 is 1.19. The molecule has 2 aromatic rings. The summed E-state index contributed by atoms with van der Waals surface area (Å²) in [6, 6.07) is 6.50. The molecule has 9 heteroatoms. The predicted octanol–water partition coefficient (Wildman–Crippen LogP) is 2.45. The molecule has 0 spiro atoms. The number of carbonyl (C=O) groups excluding carboxylic acids is 2. The summed E-state index contributed by atoms with van der Waals surface area (Å²) in [5.41, 5.74) is 2.43. The Morgan fingerprint density at radius 1 is 1.27 bits per heavy atom. The monoisotopic (exact) mass is 430 g/mol. The molecule has 8 nitrogen and oxygen atoms in total. The van der Waals surface area contributed by atoms with E-state index >= 15 is 0 Å². The lowest BCUT2D eigenvalue weighted by Gasteiger charge is -2.27. The molecule has 3 rings (SSSR count). The van der Waals surface area contributed by atoms with Gasteiger partial charge in [-0.15, -0.1) is 0 Å². The van der Waals surface area contributed by atoms with Gasteiger partial charge in [0.05, 0.1) is 29.2 Å². The summed E-state index contributed by atoms with van der Waals surface area (Å²) in [4.78, 5) is 45.9. The van der Waals surface area contributed by atoms with Crippen LogP contribution in [0.3, 0.4) is 0 Å². The highest BCUT2D eigenvalue weighted by Crippen LogP contribution is 2.18. The van der Waals surface area contributed by atoms with Gasteiger partial charge in [-0.1, -0.05) is 18.7 Å². The van der Waals surface area contributed by atoms with Crippen LogP contribution in [-0.2, 0) is 22.5 Å². The van der Waals surface area contributed by atoms with E-state index in [9.17, 15) is 14.4 Å². The van der Waals surface area contributed by atoms with Crippen molar-refractivity contribution in [3.63, 3.8) is 0 Å². The van der Waals surface area contributed by atoms with Crippen LogP contribution < -0.4 is 10.9 Å². The number of hydrogen-bond donors (Lipinski definition) is 2. The quantitative estimate of drug-likeness (QED) is 0.377. The minimum Gasteiger partial charge on any atom is -0.462 e. The van der Waals surface area contributed by atoms with E-state index in [1.807, 2.05) is 0 Å². The fourth-order valence-corrected chi connectivity index (χ4v) is 3.95. The van der Waals surface area contributed by atoms with E-state index in [-0.39, 0.29) is 17.2 Å². The third-order valence-electron chi connectivity index (χ3n) is 4.69. The van der Waals surface area contributed by atoms with Crippen LogP contribution in [0, 0.1) is 0 Å². The molecule has 0 aliphatic carbocycles. The van der Waals surface area contributed by atoms with Crippen molar-refractivity contribution in [3.8, 4) is 0 Å². The van der Waals surface area contributed by atoms with Crippen LogP contribution in [0.2, 0.25) is 0 Å². The molecule has 1 amide bonds. The van der Waals surface area contributed by atoms with Gasteiger partial charge in [-0.05, 0) is 44.2 Å². The van der Waals surface area contributed by atoms with Crippen molar-refractivity contribution in [3.05, 3.63) is 51.4 Å². The van der Waals surface area contributed by atoms with Crippen molar-refractivity contribution in [2.24, 2.45) is 0 Å². The smallest absolute Gasteiger partial charge is 0.338 e. The number of amides is 1. The molecular weight excluding hydrogens is 404 g/mol. The molecule has 0 bridgehead atoms. The number of esters is 1. The second-order valence-corrected chi connectivity index (χ2v) is 7.92. The largest absolute Gasteiger partial charge is 0.462 e. The zero-order valence-corrected chi connectivity index (χ0v) is 18.0. The zero-order valence-electron chi connectivity index (χ0n) is 17.2. The van der Waals surface area contributed by atoms with Crippen LogP contribution in [-0.4, -0.2) is 52.2 Å². The molecule has 0 atom stereocenters. The Kier molecular flexibility index (Phi) is 7.64. The highest BCUT2D eigenvalue weighted by molar-refractivity contribution is 7.99. The van der Waals surface area contributed by atoms with Crippen molar-refractivity contribution in [2.75, 3.05) is 30.8 Å². The van der Waals surface area contributed by atoms with Crippen LogP contribution in [0.4, 0.5) is 5.69 Å². The summed E-state index contributed by atoms with van der Waals surface area (Å²) in [5.74, 6) is -0.506. The summed E-state index contributed by atoms with van der Waals surface area (Å²) in [6.07, 6.45) is 1.79. The minimum atomic E-state index is -0.397. The molecular formula is C21H26N4O4S. The number of nitrogens with one attached hydrogen (secondary N) is 2. The number of aromatic nitrogens is 2. The maximum atomic E-state index is 12.4. The van der Waals surface area contributed by atoms with E-state index in [1.165, 1.54) is 11.8 Å². The number of carbonyl (C=O) groups is 2. The summed E-state index contributed by atoms with van der Waals surface area (Å²) in [6.45, 7) is 6.66. The molecule has 0 saturated heterocycles. The van der Waals surface area contributed by atoms with Gasteiger partial charge >= 0.3 is 5.97 Å². The Morgan fingerprint density at radius 2 is 2.03 bits per heavy atom. The molecule has 160 valence electrons. The van der Waals surface area contributed by atoms with Gasteiger partial charge in [0.25, 0.3) is 5.56 Å². The standard InChI is InChI=1S/C21H26N4O4S/c1-3-10-25-11-9-17-16(12-25)19(27)24-21(23-17)30-13-18(26)22-15-7-5-14(6-8-15)20(28)29-4-2/h5-8H,3-4,9-13H2,1-2H3,(H,22,26)(H,23,24,27). The molecule has 30 heavy (non-hydrogen) atoms. The highest BCUT2D eigenvalue weighted by atomic mass is 32.2. The summed E-state index contributed by atoms with van der Waals surface area (Å²) in [7, 11) is 0. The molecule has 0 fully saturated rings. The van der Waals surface area contributed by atoms with Crippen LogP contribution >= 0.6 is 11.8 Å². The van der Waals surface area contributed by atoms with E-state index in [2.05, 4.69) is 27.1 Å². The van der Waals surface area contributed by atoms with Gasteiger partial charge in [-0.3, -0.25) is 14.5 Å². The van der Waals surface area contributed by atoms with Gasteiger partial charge in [-0.2, -0.15) is 0 Å². The summed E-state index contributed by atoms with van der Waals surface area (Å²) < 4.78 is 4.94. The van der Waals surface area contributed by atoms with Gasteiger partial charge in [0.1, 0.15) is 0 Å². The van der Waals surface area contributed by atoms with E-state index < -0.39 is 5.97 Å². The summed E-state index contributed by atoms with van der Waals surface area (Å²) in [5, 5.41) is 3.22. The molecule has 1 aromatic heterocycles. The second kappa shape index (κ2) is 10.4. The third-order valence-corrected chi connectivity index (χ3v) is 5.56. The lowest BCUT2D eigenvalue weighted by molar-refractivity contribution is -0.113. The molecule has 2 N–H and O–H groups in total. The fraction of sp³-hybridized carbons (Fsp3) is 0.429. The number of anilines is 1. The van der Waals surface area contributed by atoms with E-state index in [0.29, 0.717) is 29.6 Å². The second-order valence-electron chi connectivity index (χ2n) is 6.96. The maximum absolute atomic E-state index is 12.4. The lowest BCUT2D eigenvalue weighted by atomic mass is 10.1. The van der Waals surface area contributed by atoms with Crippen molar-refractivity contribution >= 4 is 29.3 Å². The average Bonchev–Trinajstić information content (AvgIpc) is 2.73. The molecule has 2 heterocycles. The van der Waals surface area contributed by atoms with E-state index in [4.69, 9.17) is 4.74 Å². The first-order valence-electron chi connectivity index (χ1n) is 10.0. The van der Waals surface area contributed by atoms with Crippen LogP contribution in [0.25, 0.3) is 0 Å². The number of thioether (sulfide) groups is 1. The number of benzene rings is 1. The molecule has 0 saturated carbocycles. The first-order chi connectivity index (χ1) is 14.5. The highest BCUT2D eigenvalue weighted by Gasteiger charge is 2.21. The number of rotatable bonds is 8. The Bertz CT molecular complexity index is 958. The number of ether oxygens (including phenoxy) is 1. The Labute approximate surface area is 179 Å². The predicted molar refractivity (Wildman–Crippen MR) is 116 cm³/mol. The fourth-order valence-electron chi connectivity index (χ4n) is 3.27. The Balaban J connectivity index is 1.56. The zero-order chi connectivity index (χ0) is 21.5. The van der Waals surface area contributed by atoms with Gasteiger partial charge in [0.2, 0.25) is 5.91 Å². The van der Waals surface area contributed by atoms with Gasteiger partial charge in [0.15, 0.2) is 5.16 Å². The molecule has 0 radical (unpaired) electrons. The average molecular weight is 431 g/mol. The van der Waals surface area contributed by atoms with Gasteiger partial charge in [-0.25, -0.2) is 9.78 Å². The Morgan fingerprint density at radius 3 is 2.73 bits per heavy atom. The molecule has 1 aliphatic rings. The Hall–Kier alpha value is -2.65. The van der Waals surface area contributed by atoms with Crippen molar-refractivity contribution in [1.29, 1.82) is 0 Å². The van der Waals surface area contributed by atoms with Crippen molar-refractivity contribution in [1.82, 2.24) is 14.9 Å². The third kappa shape index (κ3) is 5.70. The number of aromatic amines is 1. The normalized spacial score (nSPS) is 13.5. The number of hydrogen-bond acceptors (Lipinski definition) is 7. The maximum Gasteiger partial charge on any atom is 0.338 e. The first kappa shape index (κ1) is 22.0. The van der Waals surface area contributed by atoms with Crippen LogP contribution in [0.1, 0.15) is 41.9 Å². The van der Waals surface area contributed by atoms with Gasteiger partial charge < -0.3 is 15.0 Å².